The number of hydrogen-bond donors (Lipinski definition) is 3. The Morgan fingerprint density at radius 1 is 1.21 bits per heavy atom. The molecule has 1 heterocycles. The van der Waals surface area contributed by atoms with Crippen molar-refractivity contribution in [3.05, 3.63) is 40.4 Å². The van der Waals surface area contributed by atoms with Gasteiger partial charge in [0.25, 0.3) is 5.91 Å². The van der Waals surface area contributed by atoms with E-state index < -0.39 is 37.5 Å². The number of benzene rings is 1. The maximum atomic E-state index is 13.0. The number of nitrogens with one attached hydrogen (secondary N) is 1. The Morgan fingerprint density at radius 2 is 1.86 bits per heavy atom. The second-order valence-electron chi connectivity index (χ2n) is 6.52. The first-order chi connectivity index (χ1) is 13.8. The van der Waals surface area contributed by atoms with Crippen molar-refractivity contribution >= 4 is 34.9 Å². The number of carbonyl (C=O) groups excluding carboxylic acids is 2. The Labute approximate surface area is 170 Å². The monoisotopic (exact) mass is 431 g/mol. The summed E-state index contributed by atoms with van der Waals surface area (Å²) in [6.07, 6.45) is 0. The van der Waals surface area contributed by atoms with Crippen LogP contribution in [0.1, 0.15) is 5.56 Å². The minimum atomic E-state index is -2.24. The van der Waals surface area contributed by atoms with E-state index in [-0.39, 0.29) is 36.6 Å². The van der Waals surface area contributed by atoms with Crippen LogP contribution >= 0.6 is 11.6 Å². The lowest BCUT2D eigenvalue weighted by Gasteiger charge is -2.32. The summed E-state index contributed by atoms with van der Waals surface area (Å²) in [7, 11) is 0. The number of aliphatic imine (C=N–C) groups is 1. The highest BCUT2D eigenvalue weighted by Gasteiger charge is 2.35. The van der Waals surface area contributed by atoms with Gasteiger partial charge in [0.15, 0.2) is 0 Å². The van der Waals surface area contributed by atoms with Crippen molar-refractivity contribution in [2.75, 3.05) is 39.7 Å². The molecule has 0 atom stereocenters. The summed E-state index contributed by atoms with van der Waals surface area (Å²) >= 11 is 5.95. The number of nitrogens with zero attached hydrogens (tertiary/aromatic N) is 2. The summed E-state index contributed by atoms with van der Waals surface area (Å²) in [6.45, 7) is -4.24. The van der Waals surface area contributed by atoms with Crippen molar-refractivity contribution in [2.45, 2.75) is 5.54 Å². The lowest BCUT2D eigenvalue weighted by molar-refractivity contribution is -0.114. The van der Waals surface area contributed by atoms with Crippen LogP contribution in [0.5, 0.6) is 0 Å². The van der Waals surface area contributed by atoms with Gasteiger partial charge in [0, 0.05) is 11.6 Å². The van der Waals surface area contributed by atoms with Gasteiger partial charge < -0.3 is 21.7 Å². The maximum absolute atomic E-state index is 13.0. The van der Waals surface area contributed by atoms with Crippen molar-refractivity contribution in [3.8, 4) is 0 Å². The van der Waals surface area contributed by atoms with Crippen molar-refractivity contribution in [3.63, 3.8) is 0 Å². The molecule has 0 spiro atoms. The van der Waals surface area contributed by atoms with E-state index in [9.17, 15) is 22.8 Å². The number of hydrogen-bond acceptors (Lipinski definition) is 4. The molecule has 0 bridgehead atoms. The van der Waals surface area contributed by atoms with E-state index in [4.69, 9.17) is 23.1 Å². The fourth-order valence-electron chi connectivity index (χ4n) is 2.69. The second kappa shape index (κ2) is 9.64. The van der Waals surface area contributed by atoms with E-state index in [0.29, 0.717) is 10.6 Å². The van der Waals surface area contributed by atoms with Gasteiger partial charge in [-0.05, 0) is 17.7 Å². The first-order valence-electron chi connectivity index (χ1n) is 8.61. The number of amides is 3. The van der Waals surface area contributed by atoms with Crippen LogP contribution in [-0.2, 0) is 4.79 Å². The minimum Gasteiger partial charge on any atom is -0.398 e. The van der Waals surface area contributed by atoms with Crippen LogP contribution < -0.4 is 16.8 Å². The molecule has 0 aromatic heterocycles. The summed E-state index contributed by atoms with van der Waals surface area (Å²) in [5.74, 6) is -0.867. The Balaban J connectivity index is 2.30. The average molecular weight is 432 g/mol. The fourth-order valence-corrected chi connectivity index (χ4v) is 2.88. The number of rotatable bonds is 7. The van der Waals surface area contributed by atoms with Crippen LogP contribution in [-0.4, -0.2) is 67.7 Å². The zero-order chi connectivity index (χ0) is 21.6. The molecule has 0 saturated heterocycles. The Kier molecular flexibility index (Phi) is 7.49. The third-order valence-electron chi connectivity index (χ3n) is 4.38. The predicted octanol–water partition coefficient (Wildman–Crippen LogP) is 1.61. The average Bonchev–Trinajstić information content (AvgIpc) is 2.72. The lowest BCUT2D eigenvalue weighted by atomic mass is 10.0. The quantitative estimate of drug-likeness (QED) is 0.570. The molecule has 0 saturated carbocycles. The number of carbonyl (C=O) groups is 2. The third-order valence-corrected chi connectivity index (χ3v) is 4.61. The zero-order valence-corrected chi connectivity index (χ0v) is 16.2. The number of urea groups is 1. The molecule has 5 N–H and O–H groups in total. The topological polar surface area (TPSA) is 114 Å². The normalized spacial score (nSPS) is 15.4. The lowest BCUT2D eigenvalue weighted by Crippen LogP contribution is -2.59. The summed E-state index contributed by atoms with van der Waals surface area (Å²) in [4.78, 5) is 29.8. The zero-order valence-electron chi connectivity index (χ0n) is 15.4. The van der Waals surface area contributed by atoms with Gasteiger partial charge >= 0.3 is 6.03 Å². The molecule has 158 valence electrons. The van der Waals surface area contributed by atoms with E-state index in [1.807, 2.05) is 5.32 Å². The highest BCUT2D eigenvalue weighted by molar-refractivity contribution is 6.31. The van der Waals surface area contributed by atoms with Crippen LogP contribution in [0.25, 0.3) is 5.70 Å². The first-order valence-corrected chi connectivity index (χ1v) is 8.99. The van der Waals surface area contributed by atoms with Crippen molar-refractivity contribution in [2.24, 2.45) is 16.5 Å². The van der Waals surface area contributed by atoms with Crippen molar-refractivity contribution in [1.82, 2.24) is 10.2 Å². The molecule has 2 rings (SSSR count). The van der Waals surface area contributed by atoms with E-state index in [2.05, 4.69) is 4.99 Å². The second-order valence-corrected chi connectivity index (χ2v) is 6.96. The summed E-state index contributed by atoms with van der Waals surface area (Å²) in [5, 5.41) is 2.42. The van der Waals surface area contributed by atoms with Gasteiger partial charge in [0.2, 0.25) is 0 Å². The fraction of sp³-hybridized carbons (Fsp3) is 0.389. The third kappa shape index (κ3) is 5.20. The number of primary amides is 1. The van der Waals surface area contributed by atoms with Gasteiger partial charge in [0.1, 0.15) is 25.6 Å². The first kappa shape index (κ1) is 22.5. The molecule has 11 heteroatoms. The SMILES string of the molecule is NC(=O)C(C1=NCCN(C(=O)NC(CF)(CF)CF)C1)=C(N)c1cccc(Cl)c1. The van der Waals surface area contributed by atoms with Crippen LogP contribution in [0.4, 0.5) is 18.0 Å². The van der Waals surface area contributed by atoms with E-state index in [0.717, 1.165) is 4.90 Å². The summed E-state index contributed by atoms with van der Waals surface area (Å²) in [6, 6.07) is 5.52. The van der Waals surface area contributed by atoms with E-state index in [1.54, 1.807) is 18.2 Å². The minimum absolute atomic E-state index is 0.0200. The van der Waals surface area contributed by atoms with Gasteiger partial charge in [-0.1, -0.05) is 23.7 Å². The van der Waals surface area contributed by atoms with Crippen molar-refractivity contribution < 1.29 is 22.8 Å². The molecule has 0 aliphatic carbocycles. The number of alkyl halides is 3. The van der Waals surface area contributed by atoms with Gasteiger partial charge in [-0.15, -0.1) is 0 Å². The Morgan fingerprint density at radius 3 is 2.41 bits per heavy atom. The number of nitrogens with two attached hydrogens (primary N) is 2. The van der Waals surface area contributed by atoms with Gasteiger partial charge in [-0.3, -0.25) is 9.79 Å². The van der Waals surface area contributed by atoms with Gasteiger partial charge in [0.05, 0.1) is 30.1 Å². The van der Waals surface area contributed by atoms with Crippen LogP contribution in [0.3, 0.4) is 0 Å². The predicted molar refractivity (Wildman–Crippen MR) is 105 cm³/mol. The maximum Gasteiger partial charge on any atom is 0.318 e. The number of halogens is 4. The highest BCUT2D eigenvalue weighted by atomic mass is 35.5. The summed E-state index contributed by atoms with van der Waals surface area (Å²) < 4.78 is 39.1. The highest BCUT2D eigenvalue weighted by Crippen LogP contribution is 2.20. The molecule has 29 heavy (non-hydrogen) atoms. The molecule has 1 aliphatic rings. The van der Waals surface area contributed by atoms with Crippen molar-refractivity contribution in [1.29, 1.82) is 0 Å². The molecule has 3 amide bonds. The molecule has 0 radical (unpaired) electrons. The van der Waals surface area contributed by atoms with Gasteiger partial charge in [-0.2, -0.15) is 0 Å². The molecular formula is C18H21ClF3N5O2. The van der Waals surface area contributed by atoms with Crippen LogP contribution in [0.15, 0.2) is 34.8 Å². The summed E-state index contributed by atoms with van der Waals surface area (Å²) in [5.41, 5.74) is 9.81. The molecule has 0 unspecified atom stereocenters. The molecule has 7 nitrogen and oxygen atoms in total. The van der Waals surface area contributed by atoms with E-state index >= 15 is 0 Å². The molecule has 0 fully saturated rings. The standard InChI is InChI=1S/C18H21ClF3N5O2/c19-12-3-1-2-11(6-12)15(23)14(16(24)28)13-7-27(5-4-25-13)17(29)26-18(8-20,9-21)10-22/h1-3,6H,4-5,7-10,23H2,(H2,24,28)(H,26,29). The largest absolute Gasteiger partial charge is 0.398 e. The molecular weight excluding hydrogens is 411 g/mol. The molecule has 1 aromatic carbocycles. The Hall–Kier alpha value is -2.75. The van der Waals surface area contributed by atoms with Crippen LogP contribution in [0, 0.1) is 0 Å². The Bertz CT molecular complexity index is 834. The van der Waals surface area contributed by atoms with Gasteiger partial charge in [-0.25, -0.2) is 18.0 Å². The smallest absolute Gasteiger partial charge is 0.318 e. The molecule has 1 aromatic rings. The van der Waals surface area contributed by atoms with E-state index in [1.165, 1.54) is 6.07 Å². The van der Waals surface area contributed by atoms with Crippen LogP contribution in [0.2, 0.25) is 5.02 Å². The molecule has 1 aliphatic heterocycles.